The predicted molar refractivity (Wildman–Crippen MR) is 65.8 cm³/mol. The molecule has 0 bridgehead atoms. The van der Waals surface area contributed by atoms with Crippen molar-refractivity contribution in [3.63, 3.8) is 0 Å². The predicted octanol–water partition coefficient (Wildman–Crippen LogP) is 4.00. The quantitative estimate of drug-likeness (QED) is 0.747. The monoisotopic (exact) mass is 212 g/mol. The molecule has 1 aliphatic rings. The zero-order chi connectivity index (χ0) is 11.5. The van der Waals surface area contributed by atoms with Crippen LogP contribution in [0.2, 0.25) is 0 Å². The van der Waals surface area contributed by atoms with Crippen molar-refractivity contribution in [3.05, 3.63) is 0 Å². The van der Waals surface area contributed by atoms with Gasteiger partial charge in [-0.05, 0) is 55.8 Å². The lowest BCUT2D eigenvalue weighted by molar-refractivity contribution is 0.0479. The second-order valence-corrected chi connectivity index (χ2v) is 6.54. The molecule has 15 heavy (non-hydrogen) atoms. The van der Waals surface area contributed by atoms with Crippen LogP contribution in [-0.4, -0.2) is 11.2 Å². The highest BCUT2D eigenvalue weighted by Crippen LogP contribution is 2.39. The van der Waals surface area contributed by atoms with Crippen molar-refractivity contribution in [2.75, 3.05) is 0 Å². The van der Waals surface area contributed by atoms with Gasteiger partial charge < -0.3 is 5.11 Å². The van der Waals surface area contributed by atoms with E-state index in [0.717, 1.165) is 12.3 Å². The minimum absolute atomic E-state index is 0.0384. The average Bonchev–Trinajstić information content (AvgIpc) is 2.14. The van der Waals surface area contributed by atoms with Gasteiger partial charge in [-0.2, -0.15) is 0 Å². The summed E-state index contributed by atoms with van der Waals surface area (Å²) in [7, 11) is 0. The molecule has 1 saturated carbocycles. The number of aliphatic hydroxyl groups is 1. The van der Waals surface area contributed by atoms with Crippen LogP contribution in [0.5, 0.6) is 0 Å². The summed E-state index contributed by atoms with van der Waals surface area (Å²) < 4.78 is 0. The maximum Gasteiger partial charge on any atom is 0.0568 e. The zero-order valence-electron chi connectivity index (χ0n) is 10.9. The Morgan fingerprint density at radius 3 is 2.13 bits per heavy atom. The van der Waals surface area contributed by atoms with E-state index >= 15 is 0 Å². The Hall–Kier alpha value is -0.0400. The van der Waals surface area contributed by atoms with E-state index in [1.54, 1.807) is 0 Å². The summed E-state index contributed by atoms with van der Waals surface area (Å²) in [5.41, 5.74) is 0.522. The van der Waals surface area contributed by atoms with Crippen LogP contribution in [-0.2, 0) is 0 Å². The molecule has 0 spiro atoms. The van der Waals surface area contributed by atoms with Crippen LogP contribution in [0.25, 0.3) is 0 Å². The summed E-state index contributed by atoms with van der Waals surface area (Å²) in [6.07, 6.45) is 7.17. The van der Waals surface area contributed by atoms with Gasteiger partial charge >= 0.3 is 0 Å². The number of hydrogen-bond donors (Lipinski definition) is 1. The lowest BCUT2D eigenvalue weighted by Gasteiger charge is -2.36. The Bertz CT molecular complexity index is 174. The second kappa shape index (κ2) is 5.34. The van der Waals surface area contributed by atoms with Gasteiger partial charge in [0.1, 0.15) is 0 Å². The van der Waals surface area contributed by atoms with Crippen molar-refractivity contribution in [2.24, 2.45) is 17.3 Å². The van der Waals surface area contributed by atoms with E-state index in [-0.39, 0.29) is 6.10 Å². The molecule has 0 heterocycles. The largest absolute Gasteiger partial charge is 0.393 e. The summed E-state index contributed by atoms with van der Waals surface area (Å²) in [5.74, 6) is 1.30. The van der Waals surface area contributed by atoms with Gasteiger partial charge in [-0.15, -0.1) is 0 Å². The molecule has 0 aromatic heterocycles. The minimum Gasteiger partial charge on any atom is -0.393 e. The second-order valence-electron chi connectivity index (χ2n) is 6.54. The highest BCUT2D eigenvalue weighted by Gasteiger charge is 2.30. The fourth-order valence-corrected chi connectivity index (χ4v) is 2.55. The van der Waals surface area contributed by atoms with Crippen LogP contribution >= 0.6 is 0 Å². The van der Waals surface area contributed by atoms with Crippen molar-refractivity contribution in [1.82, 2.24) is 0 Å². The Labute approximate surface area is 95.3 Å². The van der Waals surface area contributed by atoms with E-state index in [9.17, 15) is 5.11 Å². The molecule has 1 atom stereocenters. The first-order chi connectivity index (χ1) is 6.91. The highest BCUT2D eigenvalue weighted by atomic mass is 16.3. The third kappa shape index (κ3) is 4.55. The molecule has 1 heteroatoms. The van der Waals surface area contributed by atoms with Crippen LogP contribution in [0, 0.1) is 17.3 Å². The summed E-state index contributed by atoms with van der Waals surface area (Å²) in [4.78, 5) is 0. The van der Waals surface area contributed by atoms with E-state index in [1.165, 1.54) is 32.1 Å². The Morgan fingerprint density at radius 1 is 1.13 bits per heavy atom. The molecular formula is C14H28O. The van der Waals surface area contributed by atoms with Gasteiger partial charge in [-0.1, -0.05) is 27.7 Å². The van der Waals surface area contributed by atoms with Gasteiger partial charge in [-0.25, -0.2) is 0 Å². The van der Waals surface area contributed by atoms with Crippen molar-refractivity contribution >= 4 is 0 Å². The molecule has 0 saturated heterocycles. The molecule has 1 unspecified atom stereocenters. The molecule has 1 nitrogen and oxygen atoms in total. The highest BCUT2D eigenvalue weighted by molar-refractivity contribution is 4.81. The lowest BCUT2D eigenvalue weighted by atomic mass is 9.71. The normalized spacial score (nSPS) is 24.4. The first-order valence-electron chi connectivity index (χ1n) is 6.59. The van der Waals surface area contributed by atoms with E-state index in [2.05, 4.69) is 27.7 Å². The van der Waals surface area contributed by atoms with Crippen LogP contribution in [0.1, 0.15) is 66.2 Å². The minimum atomic E-state index is -0.0384. The Kier molecular flexibility index (Phi) is 4.64. The summed E-state index contributed by atoms with van der Waals surface area (Å²) in [5, 5.41) is 10.1. The molecule has 1 aliphatic carbocycles. The third-order valence-corrected chi connectivity index (χ3v) is 3.97. The molecule has 0 aliphatic heterocycles. The molecule has 0 aromatic rings. The summed E-state index contributed by atoms with van der Waals surface area (Å²) in [6, 6.07) is 0. The topological polar surface area (TPSA) is 20.2 Å². The van der Waals surface area contributed by atoms with E-state index < -0.39 is 0 Å². The van der Waals surface area contributed by atoms with Gasteiger partial charge in [0.15, 0.2) is 0 Å². The van der Waals surface area contributed by atoms with Crippen LogP contribution < -0.4 is 0 Å². The SMILES string of the molecule is CC(C)CCC(O)C1CCC(C)(C)CC1. The molecule has 1 N–H and O–H groups in total. The maximum atomic E-state index is 10.1. The fraction of sp³-hybridized carbons (Fsp3) is 1.00. The van der Waals surface area contributed by atoms with Gasteiger partial charge in [0.25, 0.3) is 0 Å². The number of rotatable bonds is 4. The van der Waals surface area contributed by atoms with Crippen molar-refractivity contribution in [3.8, 4) is 0 Å². The van der Waals surface area contributed by atoms with Crippen LogP contribution in [0.4, 0.5) is 0 Å². The van der Waals surface area contributed by atoms with Crippen LogP contribution in [0.15, 0.2) is 0 Å². The lowest BCUT2D eigenvalue weighted by Crippen LogP contribution is -2.29. The Morgan fingerprint density at radius 2 is 1.67 bits per heavy atom. The van der Waals surface area contributed by atoms with E-state index in [1.807, 2.05) is 0 Å². The molecule has 0 aromatic carbocycles. The zero-order valence-corrected chi connectivity index (χ0v) is 10.9. The number of hydrogen-bond acceptors (Lipinski definition) is 1. The number of aliphatic hydroxyl groups excluding tert-OH is 1. The van der Waals surface area contributed by atoms with Crippen molar-refractivity contribution in [1.29, 1.82) is 0 Å². The van der Waals surface area contributed by atoms with Crippen molar-refractivity contribution < 1.29 is 5.11 Å². The van der Waals surface area contributed by atoms with Crippen molar-refractivity contribution in [2.45, 2.75) is 72.3 Å². The first kappa shape index (κ1) is 13.0. The molecular weight excluding hydrogens is 184 g/mol. The standard InChI is InChI=1S/C14H28O/c1-11(2)5-6-13(15)12-7-9-14(3,4)10-8-12/h11-13,15H,5-10H2,1-4H3. The van der Waals surface area contributed by atoms with Gasteiger partial charge in [0, 0.05) is 0 Å². The van der Waals surface area contributed by atoms with E-state index in [0.29, 0.717) is 11.3 Å². The fourth-order valence-electron chi connectivity index (χ4n) is 2.55. The first-order valence-corrected chi connectivity index (χ1v) is 6.59. The van der Waals surface area contributed by atoms with Crippen LogP contribution in [0.3, 0.4) is 0 Å². The molecule has 0 amide bonds. The van der Waals surface area contributed by atoms with Gasteiger partial charge in [-0.3, -0.25) is 0 Å². The maximum absolute atomic E-state index is 10.1. The smallest absolute Gasteiger partial charge is 0.0568 e. The molecule has 0 radical (unpaired) electrons. The Balaban J connectivity index is 2.27. The van der Waals surface area contributed by atoms with Gasteiger partial charge in [0.05, 0.1) is 6.10 Å². The molecule has 1 rings (SSSR count). The molecule has 1 fully saturated rings. The molecule has 90 valence electrons. The third-order valence-electron chi connectivity index (χ3n) is 3.97. The van der Waals surface area contributed by atoms with Gasteiger partial charge in [0.2, 0.25) is 0 Å². The summed E-state index contributed by atoms with van der Waals surface area (Å²) in [6.45, 7) is 9.17. The van der Waals surface area contributed by atoms with E-state index in [4.69, 9.17) is 0 Å². The average molecular weight is 212 g/mol. The summed E-state index contributed by atoms with van der Waals surface area (Å²) >= 11 is 0.